The van der Waals surface area contributed by atoms with Crippen molar-refractivity contribution in [1.82, 2.24) is 14.5 Å². The van der Waals surface area contributed by atoms with E-state index >= 15 is 0 Å². The van der Waals surface area contributed by atoms with Crippen LogP contribution in [0.1, 0.15) is 12.5 Å². The fourth-order valence-electron chi connectivity index (χ4n) is 2.22. The molecule has 2 atom stereocenters. The fourth-order valence-corrected chi connectivity index (χ4v) is 2.22. The van der Waals surface area contributed by atoms with E-state index in [4.69, 9.17) is 10.8 Å². The number of nitrogen functional groups attached to an aromatic ring is 1. The molecule has 2 unspecified atom stereocenters. The number of hydrogen-bond donors (Lipinski definition) is 2. The van der Waals surface area contributed by atoms with Crippen molar-refractivity contribution in [2.75, 3.05) is 12.3 Å². The SMILES string of the molecule is Nc1nc2c(ncn2C2C=CC(CO)C2)c(=O)o1. The lowest BCUT2D eigenvalue weighted by Crippen LogP contribution is -2.10. The zero-order valence-electron chi connectivity index (χ0n) is 9.48. The first-order chi connectivity index (χ1) is 8.69. The van der Waals surface area contributed by atoms with Crippen LogP contribution in [-0.2, 0) is 0 Å². The van der Waals surface area contributed by atoms with Gasteiger partial charge >= 0.3 is 5.63 Å². The molecule has 0 fully saturated rings. The van der Waals surface area contributed by atoms with Gasteiger partial charge in [-0.3, -0.25) is 0 Å². The zero-order chi connectivity index (χ0) is 12.7. The van der Waals surface area contributed by atoms with Crippen molar-refractivity contribution < 1.29 is 9.52 Å². The van der Waals surface area contributed by atoms with Crippen LogP contribution in [0.3, 0.4) is 0 Å². The van der Waals surface area contributed by atoms with Crippen LogP contribution in [0.25, 0.3) is 11.2 Å². The molecule has 3 rings (SSSR count). The molecule has 0 radical (unpaired) electrons. The first-order valence-corrected chi connectivity index (χ1v) is 5.61. The molecule has 0 saturated carbocycles. The van der Waals surface area contributed by atoms with Crippen LogP contribution in [0.15, 0.2) is 27.7 Å². The molecule has 0 saturated heterocycles. The molecule has 0 spiro atoms. The summed E-state index contributed by atoms with van der Waals surface area (Å²) in [7, 11) is 0. The minimum absolute atomic E-state index is 0.0286. The first-order valence-electron chi connectivity index (χ1n) is 5.61. The third-order valence-electron chi connectivity index (χ3n) is 3.12. The van der Waals surface area contributed by atoms with E-state index in [-0.39, 0.29) is 30.1 Å². The van der Waals surface area contributed by atoms with E-state index in [1.54, 1.807) is 10.9 Å². The number of anilines is 1. The highest BCUT2D eigenvalue weighted by molar-refractivity contribution is 5.70. The smallest absolute Gasteiger partial charge is 0.368 e. The Bertz CT molecular complexity index is 672. The number of aliphatic hydroxyl groups excluding tert-OH is 1. The normalized spacial score (nSPS) is 22.9. The second-order valence-corrected chi connectivity index (χ2v) is 4.29. The maximum Gasteiger partial charge on any atom is 0.368 e. The van der Waals surface area contributed by atoms with Crippen LogP contribution in [0, 0.1) is 5.92 Å². The summed E-state index contributed by atoms with van der Waals surface area (Å²) in [5.74, 6) is 0.130. The Balaban J connectivity index is 2.09. The Morgan fingerprint density at radius 2 is 2.39 bits per heavy atom. The number of nitrogens with zero attached hydrogens (tertiary/aromatic N) is 3. The summed E-state index contributed by atoms with van der Waals surface area (Å²) in [4.78, 5) is 19.5. The molecule has 7 nitrogen and oxygen atoms in total. The fraction of sp³-hybridized carbons (Fsp3) is 0.364. The Morgan fingerprint density at radius 1 is 1.56 bits per heavy atom. The summed E-state index contributed by atoms with van der Waals surface area (Å²) >= 11 is 0. The Morgan fingerprint density at radius 3 is 3.11 bits per heavy atom. The molecular weight excluding hydrogens is 236 g/mol. The predicted octanol–water partition coefficient (Wildman–Crippen LogP) is 0.0762. The van der Waals surface area contributed by atoms with Gasteiger partial charge in [-0.05, 0) is 6.42 Å². The number of hydrogen-bond acceptors (Lipinski definition) is 6. The highest BCUT2D eigenvalue weighted by Gasteiger charge is 2.22. The van der Waals surface area contributed by atoms with Gasteiger partial charge in [-0.15, -0.1) is 0 Å². The molecular formula is C11H12N4O3. The summed E-state index contributed by atoms with van der Waals surface area (Å²) in [6.45, 7) is 0.108. The third kappa shape index (κ3) is 1.60. The van der Waals surface area contributed by atoms with Crippen molar-refractivity contribution in [3.8, 4) is 0 Å². The van der Waals surface area contributed by atoms with Crippen LogP contribution in [0.5, 0.6) is 0 Å². The average molecular weight is 248 g/mol. The summed E-state index contributed by atoms with van der Waals surface area (Å²) in [5.41, 5.74) is 5.43. The van der Waals surface area contributed by atoms with Gasteiger partial charge in [0.05, 0.1) is 12.4 Å². The summed E-state index contributed by atoms with van der Waals surface area (Å²) in [6, 6.07) is -0.143. The van der Waals surface area contributed by atoms with Gasteiger partial charge in [-0.25, -0.2) is 9.78 Å². The van der Waals surface area contributed by atoms with E-state index in [9.17, 15) is 4.79 Å². The number of fused-ring (bicyclic) bond motifs is 1. The van der Waals surface area contributed by atoms with E-state index < -0.39 is 5.63 Å². The van der Waals surface area contributed by atoms with Crippen LogP contribution < -0.4 is 11.4 Å². The molecule has 1 aliphatic carbocycles. The van der Waals surface area contributed by atoms with Crippen LogP contribution in [0.2, 0.25) is 0 Å². The van der Waals surface area contributed by atoms with Crippen molar-refractivity contribution in [1.29, 1.82) is 0 Å². The summed E-state index contributed by atoms with van der Waals surface area (Å²) in [5, 5.41) is 9.11. The Kier molecular flexibility index (Phi) is 2.41. The number of nitrogens with two attached hydrogens (primary N) is 1. The van der Waals surface area contributed by atoms with Crippen LogP contribution in [0.4, 0.5) is 6.01 Å². The molecule has 18 heavy (non-hydrogen) atoms. The number of aliphatic hydroxyl groups is 1. The molecule has 0 bridgehead atoms. The van der Waals surface area contributed by atoms with Gasteiger partial charge < -0.3 is 19.8 Å². The molecule has 0 aromatic carbocycles. The third-order valence-corrected chi connectivity index (χ3v) is 3.12. The van der Waals surface area contributed by atoms with E-state index in [0.29, 0.717) is 5.65 Å². The molecule has 0 amide bonds. The molecule has 2 aromatic heterocycles. The van der Waals surface area contributed by atoms with E-state index in [2.05, 4.69) is 14.4 Å². The second-order valence-electron chi connectivity index (χ2n) is 4.29. The maximum atomic E-state index is 11.5. The second kappa shape index (κ2) is 3.95. The van der Waals surface area contributed by atoms with Crippen LogP contribution >= 0.6 is 0 Å². The van der Waals surface area contributed by atoms with Gasteiger partial charge in [0.2, 0.25) is 0 Å². The number of imidazole rings is 1. The predicted molar refractivity (Wildman–Crippen MR) is 63.8 cm³/mol. The molecule has 2 heterocycles. The molecule has 94 valence electrons. The van der Waals surface area contributed by atoms with Gasteiger partial charge in [0.15, 0.2) is 11.2 Å². The van der Waals surface area contributed by atoms with Crippen molar-refractivity contribution in [2.24, 2.45) is 5.92 Å². The number of aromatic nitrogens is 3. The van der Waals surface area contributed by atoms with Crippen molar-refractivity contribution in [2.45, 2.75) is 12.5 Å². The van der Waals surface area contributed by atoms with Gasteiger partial charge in [0.1, 0.15) is 0 Å². The lowest BCUT2D eigenvalue weighted by atomic mass is 10.1. The quantitative estimate of drug-likeness (QED) is 0.728. The van der Waals surface area contributed by atoms with E-state index in [1.165, 1.54) is 0 Å². The molecule has 0 aliphatic heterocycles. The van der Waals surface area contributed by atoms with Gasteiger partial charge in [-0.1, -0.05) is 12.2 Å². The largest absolute Gasteiger partial charge is 0.396 e. The monoisotopic (exact) mass is 248 g/mol. The van der Waals surface area contributed by atoms with Crippen molar-refractivity contribution in [3.63, 3.8) is 0 Å². The summed E-state index contributed by atoms with van der Waals surface area (Å²) < 4.78 is 6.46. The Labute approximate surface area is 102 Å². The highest BCUT2D eigenvalue weighted by Crippen LogP contribution is 2.29. The van der Waals surface area contributed by atoms with Gasteiger partial charge in [-0.2, -0.15) is 4.98 Å². The minimum atomic E-state index is -0.586. The molecule has 7 heteroatoms. The Hall–Kier alpha value is -2.15. The molecule has 2 aromatic rings. The maximum absolute atomic E-state index is 11.5. The number of rotatable bonds is 2. The van der Waals surface area contributed by atoms with Crippen molar-refractivity contribution >= 4 is 17.2 Å². The lowest BCUT2D eigenvalue weighted by molar-refractivity contribution is 0.244. The van der Waals surface area contributed by atoms with Crippen molar-refractivity contribution in [3.05, 3.63) is 28.9 Å². The first kappa shape index (κ1) is 11.0. The summed E-state index contributed by atoms with van der Waals surface area (Å²) in [6.07, 6.45) is 6.21. The standard InChI is InChI=1S/C11H12N4O3/c12-11-14-9-8(10(17)18-11)13-5-15(9)7-2-1-6(3-7)4-16/h1-2,5-7,16H,3-4H2,(H2,12,14). The highest BCUT2D eigenvalue weighted by atomic mass is 16.4. The van der Waals surface area contributed by atoms with E-state index in [0.717, 1.165) is 6.42 Å². The zero-order valence-corrected chi connectivity index (χ0v) is 9.48. The lowest BCUT2D eigenvalue weighted by Gasteiger charge is -2.12. The molecule has 3 N–H and O–H groups in total. The molecule has 1 aliphatic rings. The van der Waals surface area contributed by atoms with Crippen LogP contribution in [-0.4, -0.2) is 26.2 Å². The van der Waals surface area contributed by atoms with Gasteiger partial charge in [0.25, 0.3) is 6.01 Å². The minimum Gasteiger partial charge on any atom is -0.396 e. The average Bonchev–Trinajstić information content (AvgIpc) is 2.93. The van der Waals surface area contributed by atoms with E-state index in [1.807, 2.05) is 12.2 Å². The topological polar surface area (TPSA) is 107 Å². The number of allylic oxidation sites excluding steroid dienone is 1. The van der Waals surface area contributed by atoms with Gasteiger partial charge in [0, 0.05) is 12.5 Å².